The Kier molecular flexibility index (Phi) is 9.03. The zero-order valence-corrected chi connectivity index (χ0v) is 17.1. The highest BCUT2D eigenvalue weighted by molar-refractivity contribution is 5.63. The van der Waals surface area contributed by atoms with Crippen LogP contribution in [-0.4, -0.2) is 25.6 Å². The number of nitriles is 1. The standard InChI is InChI=1S/C25H31NO3/c26-20-24(29-25-13-7-9-19-28-25)12-6-1-2-8-18-27-23-16-14-22(15-17-23)21-10-4-3-5-11-21/h3-5,10-11,14-17,24-25H,1-2,6-9,12-13,18-19H2. The Morgan fingerprint density at radius 1 is 0.931 bits per heavy atom. The molecule has 0 N–H and O–H groups in total. The van der Waals surface area contributed by atoms with Crippen molar-refractivity contribution < 1.29 is 14.2 Å². The number of nitrogens with zero attached hydrogens (tertiary/aromatic N) is 1. The lowest BCUT2D eigenvalue weighted by molar-refractivity contribution is -0.178. The molecule has 2 aromatic carbocycles. The summed E-state index contributed by atoms with van der Waals surface area (Å²) >= 11 is 0. The number of hydrogen-bond donors (Lipinski definition) is 0. The average Bonchev–Trinajstić information content (AvgIpc) is 2.79. The Morgan fingerprint density at radius 2 is 1.69 bits per heavy atom. The van der Waals surface area contributed by atoms with Gasteiger partial charge in [-0.15, -0.1) is 0 Å². The van der Waals surface area contributed by atoms with Crippen LogP contribution in [0.1, 0.15) is 51.4 Å². The highest BCUT2D eigenvalue weighted by atomic mass is 16.7. The van der Waals surface area contributed by atoms with E-state index in [-0.39, 0.29) is 12.4 Å². The number of ether oxygens (including phenoxy) is 3. The van der Waals surface area contributed by atoms with Gasteiger partial charge in [0.05, 0.1) is 12.7 Å². The third kappa shape index (κ3) is 7.53. The molecular formula is C25H31NO3. The van der Waals surface area contributed by atoms with E-state index in [2.05, 4.69) is 42.5 Å². The lowest BCUT2D eigenvalue weighted by Crippen LogP contribution is -2.27. The first-order valence-electron chi connectivity index (χ1n) is 10.8. The lowest BCUT2D eigenvalue weighted by Gasteiger charge is -2.24. The van der Waals surface area contributed by atoms with E-state index in [1.807, 2.05) is 18.2 Å². The Bertz CT molecular complexity index is 733. The van der Waals surface area contributed by atoms with Crippen LogP contribution in [-0.2, 0) is 9.47 Å². The minimum atomic E-state index is -0.350. The van der Waals surface area contributed by atoms with Gasteiger partial charge in [-0.3, -0.25) is 0 Å². The van der Waals surface area contributed by atoms with Crippen LogP contribution in [0.5, 0.6) is 5.75 Å². The fraction of sp³-hybridized carbons (Fsp3) is 0.480. The Balaban J connectivity index is 1.25. The number of hydrogen-bond acceptors (Lipinski definition) is 4. The second-order valence-corrected chi connectivity index (χ2v) is 7.49. The Labute approximate surface area is 174 Å². The third-order valence-electron chi connectivity index (χ3n) is 5.19. The fourth-order valence-corrected chi connectivity index (χ4v) is 3.51. The number of rotatable bonds is 11. The van der Waals surface area contributed by atoms with Crippen molar-refractivity contribution >= 4 is 0 Å². The minimum absolute atomic E-state index is 0.185. The second-order valence-electron chi connectivity index (χ2n) is 7.49. The van der Waals surface area contributed by atoms with Gasteiger partial charge < -0.3 is 14.2 Å². The van der Waals surface area contributed by atoms with E-state index in [0.717, 1.165) is 70.3 Å². The maximum absolute atomic E-state index is 9.27. The molecule has 0 bridgehead atoms. The van der Waals surface area contributed by atoms with Gasteiger partial charge in [-0.1, -0.05) is 55.3 Å². The van der Waals surface area contributed by atoms with Crippen LogP contribution in [0.3, 0.4) is 0 Å². The second kappa shape index (κ2) is 12.3. The summed E-state index contributed by atoms with van der Waals surface area (Å²) in [7, 11) is 0. The monoisotopic (exact) mass is 393 g/mol. The summed E-state index contributed by atoms with van der Waals surface area (Å²) in [5, 5.41) is 9.27. The summed E-state index contributed by atoms with van der Waals surface area (Å²) in [6.45, 7) is 1.47. The molecule has 2 atom stereocenters. The molecule has 29 heavy (non-hydrogen) atoms. The first kappa shape index (κ1) is 21.4. The summed E-state index contributed by atoms with van der Waals surface area (Å²) < 4.78 is 17.2. The minimum Gasteiger partial charge on any atom is -0.494 e. The summed E-state index contributed by atoms with van der Waals surface area (Å²) in [6.07, 6.45) is 7.56. The molecule has 1 aliphatic rings. The molecule has 0 aromatic heterocycles. The van der Waals surface area contributed by atoms with Crippen LogP contribution < -0.4 is 4.74 Å². The smallest absolute Gasteiger partial charge is 0.159 e. The van der Waals surface area contributed by atoms with E-state index in [1.54, 1.807) is 0 Å². The summed E-state index contributed by atoms with van der Waals surface area (Å²) in [4.78, 5) is 0. The largest absolute Gasteiger partial charge is 0.494 e. The molecule has 1 aliphatic heterocycles. The molecule has 4 nitrogen and oxygen atoms in total. The molecule has 0 amide bonds. The van der Waals surface area contributed by atoms with Crippen molar-refractivity contribution in [3.63, 3.8) is 0 Å². The predicted molar refractivity (Wildman–Crippen MR) is 115 cm³/mol. The van der Waals surface area contributed by atoms with Crippen LogP contribution in [0.2, 0.25) is 0 Å². The first-order valence-corrected chi connectivity index (χ1v) is 10.8. The van der Waals surface area contributed by atoms with Crippen molar-refractivity contribution in [1.82, 2.24) is 0 Å². The van der Waals surface area contributed by atoms with Gasteiger partial charge in [-0.2, -0.15) is 5.26 Å². The average molecular weight is 394 g/mol. The van der Waals surface area contributed by atoms with E-state index >= 15 is 0 Å². The van der Waals surface area contributed by atoms with Gasteiger partial charge >= 0.3 is 0 Å². The van der Waals surface area contributed by atoms with Crippen molar-refractivity contribution in [2.45, 2.75) is 63.8 Å². The summed E-state index contributed by atoms with van der Waals surface area (Å²) in [6, 6.07) is 20.9. The molecule has 3 rings (SSSR count). The summed E-state index contributed by atoms with van der Waals surface area (Å²) in [5.41, 5.74) is 2.42. The quantitative estimate of drug-likeness (QED) is 0.432. The van der Waals surface area contributed by atoms with E-state index in [0.29, 0.717) is 0 Å². The van der Waals surface area contributed by atoms with Gasteiger partial charge in [0, 0.05) is 6.61 Å². The highest BCUT2D eigenvalue weighted by Gasteiger charge is 2.19. The summed E-state index contributed by atoms with van der Waals surface area (Å²) in [5.74, 6) is 0.912. The molecule has 0 saturated carbocycles. The Morgan fingerprint density at radius 3 is 2.41 bits per heavy atom. The zero-order chi connectivity index (χ0) is 20.2. The van der Waals surface area contributed by atoms with Crippen molar-refractivity contribution in [3.05, 3.63) is 54.6 Å². The topological polar surface area (TPSA) is 51.5 Å². The van der Waals surface area contributed by atoms with Gasteiger partial charge in [0.1, 0.15) is 11.9 Å². The van der Waals surface area contributed by atoms with Crippen LogP contribution in [0.15, 0.2) is 54.6 Å². The molecule has 0 spiro atoms. The van der Waals surface area contributed by atoms with Crippen molar-refractivity contribution in [2.24, 2.45) is 0 Å². The van der Waals surface area contributed by atoms with E-state index in [1.165, 1.54) is 11.1 Å². The molecule has 2 unspecified atom stereocenters. The molecule has 1 heterocycles. The first-order chi connectivity index (χ1) is 14.3. The maximum Gasteiger partial charge on any atom is 0.159 e. The molecule has 4 heteroatoms. The molecule has 1 fully saturated rings. The molecule has 0 aliphatic carbocycles. The molecule has 154 valence electrons. The zero-order valence-electron chi connectivity index (χ0n) is 17.1. The van der Waals surface area contributed by atoms with Crippen LogP contribution in [0.25, 0.3) is 11.1 Å². The molecular weight excluding hydrogens is 362 g/mol. The van der Waals surface area contributed by atoms with E-state index < -0.39 is 0 Å². The number of unbranched alkanes of at least 4 members (excludes halogenated alkanes) is 3. The number of benzene rings is 2. The van der Waals surface area contributed by atoms with Gasteiger partial charge in [-0.05, 0) is 61.8 Å². The van der Waals surface area contributed by atoms with Gasteiger partial charge in [0.25, 0.3) is 0 Å². The Hall–Kier alpha value is -2.35. The van der Waals surface area contributed by atoms with Crippen molar-refractivity contribution in [1.29, 1.82) is 5.26 Å². The van der Waals surface area contributed by atoms with Crippen LogP contribution in [0, 0.1) is 11.3 Å². The molecule has 2 aromatic rings. The van der Waals surface area contributed by atoms with Crippen LogP contribution in [0.4, 0.5) is 0 Å². The third-order valence-corrected chi connectivity index (χ3v) is 5.19. The molecule has 0 radical (unpaired) electrons. The molecule has 1 saturated heterocycles. The van der Waals surface area contributed by atoms with Gasteiger partial charge in [0.2, 0.25) is 0 Å². The maximum atomic E-state index is 9.27. The SMILES string of the molecule is N#CC(CCCCCCOc1ccc(-c2ccccc2)cc1)OC1CCCCO1. The van der Waals surface area contributed by atoms with E-state index in [9.17, 15) is 5.26 Å². The fourth-order valence-electron chi connectivity index (χ4n) is 3.51. The van der Waals surface area contributed by atoms with Crippen LogP contribution >= 0.6 is 0 Å². The highest BCUT2D eigenvalue weighted by Crippen LogP contribution is 2.22. The van der Waals surface area contributed by atoms with Crippen molar-refractivity contribution in [2.75, 3.05) is 13.2 Å². The van der Waals surface area contributed by atoms with Gasteiger partial charge in [-0.25, -0.2) is 0 Å². The van der Waals surface area contributed by atoms with Gasteiger partial charge in [0.15, 0.2) is 6.29 Å². The lowest BCUT2D eigenvalue weighted by atomic mass is 10.1. The predicted octanol–water partition coefficient (Wildman–Crippen LogP) is 6.12. The van der Waals surface area contributed by atoms with E-state index in [4.69, 9.17) is 14.2 Å². The normalized spacial score (nSPS) is 17.4. The van der Waals surface area contributed by atoms with Crippen molar-refractivity contribution in [3.8, 4) is 22.9 Å².